The first-order chi connectivity index (χ1) is 8.81. The molecule has 0 saturated heterocycles. The van der Waals surface area contributed by atoms with Crippen LogP contribution >= 0.6 is 0 Å². The lowest BCUT2D eigenvalue weighted by atomic mass is 9.93. The largest absolute Gasteiger partial charge is 0.469 e. The molecule has 3 heteroatoms. The van der Waals surface area contributed by atoms with Crippen LogP contribution in [0.3, 0.4) is 0 Å². The Morgan fingerprint density at radius 2 is 2.17 bits per heavy atom. The molecule has 2 aromatic heterocycles. The maximum atomic E-state index is 5.37. The average Bonchev–Trinajstić information content (AvgIpc) is 2.93. The number of rotatable bonds is 6. The Kier molecular flexibility index (Phi) is 4.53. The first-order valence-corrected chi connectivity index (χ1v) is 6.42. The predicted molar refractivity (Wildman–Crippen MR) is 72.5 cm³/mol. The molecule has 96 valence electrons. The summed E-state index contributed by atoms with van der Waals surface area (Å²) in [5, 5.41) is 3.38. The third kappa shape index (κ3) is 3.20. The molecule has 0 aliphatic rings. The second kappa shape index (κ2) is 6.36. The number of nitrogens with zero attached hydrogens (tertiary/aromatic N) is 1. The zero-order chi connectivity index (χ0) is 12.8. The Hall–Kier alpha value is -1.61. The van der Waals surface area contributed by atoms with E-state index in [2.05, 4.69) is 23.3 Å². The van der Waals surface area contributed by atoms with Gasteiger partial charge in [0.15, 0.2) is 0 Å². The van der Waals surface area contributed by atoms with E-state index in [1.807, 2.05) is 37.5 Å². The summed E-state index contributed by atoms with van der Waals surface area (Å²) in [4.78, 5) is 4.43. The number of hydrogen-bond acceptors (Lipinski definition) is 3. The van der Waals surface area contributed by atoms with Crippen LogP contribution in [0.15, 0.2) is 47.2 Å². The topological polar surface area (TPSA) is 38.1 Å². The van der Waals surface area contributed by atoms with Crippen molar-refractivity contribution in [1.82, 2.24) is 10.3 Å². The zero-order valence-electron chi connectivity index (χ0n) is 11.0. The summed E-state index contributed by atoms with van der Waals surface area (Å²) in [6.07, 6.45) is 5.58. The molecular formula is C15H20N2O. The summed E-state index contributed by atoms with van der Waals surface area (Å²) in [5.74, 6) is 1.44. The van der Waals surface area contributed by atoms with Gasteiger partial charge in [-0.1, -0.05) is 13.0 Å². The van der Waals surface area contributed by atoms with Crippen molar-refractivity contribution in [2.75, 3.05) is 7.05 Å². The fourth-order valence-corrected chi connectivity index (χ4v) is 2.25. The summed E-state index contributed by atoms with van der Waals surface area (Å²) in [7, 11) is 2.01. The van der Waals surface area contributed by atoms with Crippen molar-refractivity contribution < 1.29 is 4.42 Å². The van der Waals surface area contributed by atoms with Gasteiger partial charge in [-0.2, -0.15) is 0 Å². The molecule has 3 nitrogen and oxygen atoms in total. The average molecular weight is 244 g/mol. The van der Waals surface area contributed by atoms with Gasteiger partial charge >= 0.3 is 0 Å². The quantitative estimate of drug-likeness (QED) is 0.849. The second-order valence-corrected chi connectivity index (χ2v) is 4.56. The number of nitrogens with one attached hydrogen (secondary N) is 1. The molecule has 2 atom stereocenters. The highest BCUT2D eigenvalue weighted by molar-refractivity contribution is 5.11. The molecule has 2 aromatic rings. The van der Waals surface area contributed by atoms with Crippen LogP contribution in [-0.2, 0) is 6.42 Å². The Morgan fingerprint density at radius 3 is 2.78 bits per heavy atom. The SMILES string of the molecule is CNC(CCc1ccco1)C(C)c1ccccn1. The summed E-state index contributed by atoms with van der Waals surface area (Å²) in [6, 6.07) is 10.4. The van der Waals surface area contributed by atoms with Crippen LogP contribution in [-0.4, -0.2) is 18.1 Å². The summed E-state index contributed by atoms with van der Waals surface area (Å²) >= 11 is 0. The van der Waals surface area contributed by atoms with Crippen molar-refractivity contribution in [2.45, 2.75) is 31.7 Å². The molecule has 0 bridgehead atoms. The van der Waals surface area contributed by atoms with Crippen LogP contribution in [0.5, 0.6) is 0 Å². The molecule has 0 aliphatic carbocycles. The fraction of sp³-hybridized carbons (Fsp3) is 0.400. The van der Waals surface area contributed by atoms with Crippen molar-refractivity contribution in [1.29, 1.82) is 0 Å². The van der Waals surface area contributed by atoms with E-state index >= 15 is 0 Å². The number of pyridine rings is 1. The van der Waals surface area contributed by atoms with Crippen LogP contribution in [0.25, 0.3) is 0 Å². The highest BCUT2D eigenvalue weighted by atomic mass is 16.3. The molecule has 2 rings (SSSR count). The smallest absolute Gasteiger partial charge is 0.103 e. The summed E-state index contributed by atoms with van der Waals surface area (Å²) in [5.41, 5.74) is 1.14. The maximum Gasteiger partial charge on any atom is 0.103 e. The fourth-order valence-electron chi connectivity index (χ4n) is 2.25. The predicted octanol–water partition coefficient (Wildman–Crippen LogP) is 3.00. The summed E-state index contributed by atoms with van der Waals surface area (Å²) in [6.45, 7) is 2.21. The number of furan rings is 1. The van der Waals surface area contributed by atoms with Gasteiger partial charge in [-0.25, -0.2) is 0 Å². The minimum atomic E-state index is 0.395. The van der Waals surface area contributed by atoms with E-state index in [9.17, 15) is 0 Å². The Bertz CT molecular complexity index is 439. The van der Waals surface area contributed by atoms with Crippen LogP contribution in [0.1, 0.15) is 30.7 Å². The van der Waals surface area contributed by atoms with Gasteiger partial charge in [-0.15, -0.1) is 0 Å². The van der Waals surface area contributed by atoms with Crippen molar-refractivity contribution in [2.24, 2.45) is 0 Å². The minimum absolute atomic E-state index is 0.395. The zero-order valence-corrected chi connectivity index (χ0v) is 11.0. The Balaban J connectivity index is 1.96. The van der Waals surface area contributed by atoms with Crippen molar-refractivity contribution in [3.63, 3.8) is 0 Å². The number of aryl methyl sites for hydroxylation is 1. The lowest BCUT2D eigenvalue weighted by Crippen LogP contribution is -2.31. The van der Waals surface area contributed by atoms with Crippen molar-refractivity contribution in [3.8, 4) is 0 Å². The van der Waals surface area contributed by atoms with E-state index in [0.717, 1.165) is 24.3 Å². The lowest BCUT2D eigenvalue weighted by Gasteiger charge is -2.22. The van der Waals surface area contributed by atoms with Gasteiger partial charge in [0.05, 0.1) is 6.26 Å². The summed E-state index contributed by atoms with van der Waals surface area (Å²) < 4.78 is 5.37. The molecule has 18 heavy (non-hydrogen) atoms. The molecule has 0 aromatic carbocycles. The molecular weight excluding hydrogens is 224 g/mol. The molecule has 0 saturated carbocycles. The van der Waals surface area contributed by atoms with Gasteiger partial charge in [-0.3, -0.25) is 4.98 Å². The van der Waals surface area contributed by atoms with Crippen LogP contribution < -0.4 is 5.32 Å². The van der Waals surface area contributed by atoms with Crippen LogP contribution in [0, 0.1) is 0 Å². The van der Waals surface area contributed by atoms with Crippen molar-refractivity contribution >= 4 is 0 Å². The van der Waals surface area contributed by atoms with E-state index < -0.39 is 0 Å². The molecule has 0 spiro atoms. The number of likely N-dealkylation sites (N-methyl/N-ethyl adjacent to an activating group) is 1. The standard InChI is InChI=1S/C15H20N2O/c1-12(15-7-3-4-10-17-15)14(16-2)9-8-13-6-5-11-18-13/h3-7,10-12,14,16H,8-9H2,1-2H3. The second-order valence-electron chi connectivity index (χ2n) is 4.56. The number of aromatic nitrogens is 1. The molecule has 0 amide bonds. The molecule has 2 unspecified atom stereocenters. The van der Waals surface area contributed by atoms with E-state index in [1.165, 1.54) is 0 Å². The van der Waals surface area contributed by atoms with E-state index in [1.54, 1.807) is 6.26 Å². The van der Waals surface area contributed by atoms with Crippen LogP contribution in [0.4, 0.5) is 0 Å². The lowest BCUT2D eigenvalue weighted by molar-refractivity contribution is 0.422. The van der Waals surface area contributed by atoms with Crippen molar-refractivity contribution in [3.05, 3.63) is 54.2 Å². The normalized spacial score (nSPS) is 14.3. The van der Waals surface area contributed by atoms with Gasteiger partial charge in [0, 0.05) is 30.3 Å². The monoisotopic (exact) mass is 244 g/mol. The Labute approximate surface area is 108 Å². The third-order valence-electron chi connectivity index (χ3n) is 3.41. The number of hydrogen-bond donors (Lipinski definition) is 1. The molecule has 2 heterocycles. The molecule has 1 N–H and O–H groups in total. The first kappa shape index (κ1) is 12.8. The first-order valence-electron chi connectivity index (χ1n) is 6.42. The molecule has 0 radical (unpaired) electrons. The van der Waals surface area contributed by atoms with Gasteiger partial charge in [0.25, 0.3) is 0 Å². The van der Waals surface area contributed by atoms with Gasteiger partial charge in [-0.05, 0) is 37.7 Å². The Morgan fingerprint density at radius 1 is 1.28 bits per heavy atom. The van der Waals surface area contributed by atoms with E-state index in [4.69, 9.17) is 4.42 Å². The molecule has 0 aliphatic heterocycles. The van der Waals surface area contributed by atoms with Gasteiger partial charge in [0.2, 0.25) is 0 Å². The maximum absolute atomic E-state index is 5.37. The third-order valence-corrected chi connectivity index (χ3v) is 3.41. The van der Waals surface area contributed by atoms with Gasteiger partial charge in [0.1, 0.15) is 5.76 Å². The van der Waals surface area contributed by atoms with E-state index in [-0.39, 0.29) is 0 Å². The van der Waals surface area contributed by atoms with Crippen LogP contribution in [0.2, 0.25) is 0 Å². The highest BCUT2D eigenvalue weighted by Gasteiger charge is 2.18. The van der Waals surface area contributed by atoms with Gasteiger partial charge < -0.3 is 9.73 Å². The minimum Gasteiger partial charge on any atom is -0.469 e. The van der Waals surface area contributed by atoms with E-state index in [0.29, 0.717) is 12.0 Å². The molecule has 0 fully saturated rings. The highest BCUT2D eigenvalue weighted by Crippen LogP contribution is 2.20.